The summed E-state index contributed by atoms with van der Waals surface area (Å²) in [6, 6.07) is 3.56. The highest BCUT2D eigenvalue weighted by molar-refractivity contribution is 7.80. The minimum absolute atomic E-state index is 0.172. The number of halogens is 2. The molecule has 0 saturated carbocycles. The number of nitriles is 1. The van der Waals surface area contributed by atoms with Crippen molar-refractivity contribution in [2.45, 2.75) is 6.42 Å². The van der Waals surface area contributed by atoms with Crippen LogP contribution in [-0.4, -0.2) is 26.6 Å². The van der Waals surface area contributed by atoms with Gasteiger partial charge in [0.05, 0.1) is 15.7 Å². The Labute approximate surface area is 142 Å². The van der Waals surface area contributed by atoms with Gasteiger partial charge in [0.2, 0.25) is 0 Å². The zero-order valence-electron chi connectivity index (χ0n) is 11.2. The van der Waals surface area contributed by atoms with Crippen molar-refractivity contribution in [3.8, 4) is 6.07 Å². The van der Waals surface area contributed by atoms with Gasteiger partial charge in [-0.15, -0.1) is 0 Å². The number of rotatable bonds is 4. The normalized spacial score (nSPS) is 9.86. The summed E-state index contributed by atoms with van der Waals surface area (Å²) in [6.07, 6.45) is 5.06. The molecule has 22 heavy (non-hydrogen) atoms. The molecule has 2 heterocycles. The fourth-order valence-corrected chi connectivity index (χ4v) is 2.16. The fraction of sp³-hybridized carbons (Fsp3) is 0.154. The summed E-state index contributed by atoms with van der Waals surface area (Å²) in [5, 5.41) is 15.9. The van der Waals surface area contributed by atoms with Crippen molar-refractivity contribution in [2.75, 3.05) is 11.9 Å². The molecule has 0 amide bonds. The van der Waals surface area contributed by atoms with Gasteiger partial charge in [0, 0.05) is 31.6 Å². The SMILES string of the molecule is N#Cc1nccnc1NC(=S)NCCc1nccc(Cl)c1Cl. The maximum Gasteiger partial charge on any atom is 0.183 e. The summed E-state index contributed by atoms with van der Waals surface area (Å²) in [4.78, 5) is 12.1. The summed E-state index contributed by atoms with van der Waals surface area (Å²) in [7, 11) is 0. The first kappa shape index (κ1) is 16.4. The average molecular weight is 353 g/mol. The van der Waals surface area contributed by atoms with Gasteiger partial charge in [-0.25, -0.2) is 9.97 Å². The third-order valence-corrected chi connectivity index (χ3v) is 3.68. The Bertz CT molecular complexity index is 731. The lowest BCUT2D eigenvalue weighted by atomic mass is 10.2. The summed E-state index contributed by atoms with van der Waals surface area (Å²) < 4.78 is 0. The van der Waals surface area contributed by atoms with E-state index in [9.17, 15) is 0 Å². The van der Waals surface area contributed by atoms with Gasteiger partial charge < -0.3 is 10.6 Å². The number of pyridine rings is 1. The minimum atomic E-state index is 0.172. The molecule has 2 rings (SSSR count). The lowest BCUT2D eigenvalue weighted by Crippen LogP contribution is -2.31. The van der Waals surface area contributed by atoms with Gasteiger partial charge in [-0.1, -0.05) is 23.2 Å². The second-order valence-corrected chi connectivity index (χ2v) is 5.24. The van der Waals surface area contributed by atoms with Crippen molar-refractivity contribution in [2.24, 2.45) is 0 Å². The Morgan fingerprint density at radius 3 is 2.77 bits per heavy atom. The summed E-state index contributed by atoms with van der Waals surface area (Å²) in [5.74, 6) is 0.307. The van der Waals surface area contributed by atoms with E-state index >= 15 is 0 Å². The predicted molar refractivity (Wildman–Crippen MR) is 88.9 cm³/mol. The maximum absolute atomic E-state index is 8.92. The molecule has 2 aromatic heterocycles. The number of thiocarbonyl (C=S) groups is 1. The van der Waals surface area contributed by atoms with Crippen LogP contribution in [0.15, 0.2) is 24.7 Å². The van der Waals surface area contributed by atoms with Crippen molar-refractivity contribution >= 4 is 46.4 Å². The molecule has 9 heteroatoms. The van der Waals surface area contributed by atoms with Gasteiger partial charge in [-0.05, 0) is 18.3 Å². The Hall–Kier alpha value is -2.01. The topological polar surface area (TPSA) is 86.5 Å². The van der Waals surface area contributed by atoms with Crippen molar-refractivity contribution < 1.29 is 0 Å². The molecule has 0 aliphatic heterocycles. The summed E-state index contributed by atoms with van der Waals surface area (Å²) in [6.45, 7) is 0.501. The van der Waals surface area contributed by atoms with Gasteiger partial charge in [0.15, 0.2) is 16.6 Å². The Kier molecular flexibility index (Phi) is 5.83. The number of nitrogens with one attached hydrogen (secondary N) is 2. The number of anilines is 1. The van der Waals surface area contributed by atoms with Gasteiger partial charge in [0.25, 0.3) is 0 Å². The van der Waals surface area contributed by atoms with Crippen LogP contribution in [0.25, 0.3) is 0 Å². The quantitative estimate of drug-likeness (QED) is 0.817. The third kappa shape index (κ3) is 4.24. The first-order valence-corrected chi connectivity index (χ1v) is 7.33. The highest BCUT2D eigenvalue weighted by Gasteiger charge is 2.08. The van der Waals surface area contributed by atoms with Gasteiger partial charge >= 0.3 is 0 Å². The first-order chi connectivity index (χ1) is 10.6. The Morgan fingerprint density at radius 1 is 1.23 bits per heavy atom. The largest absolute Gasteiger partial charge is 0.362 e. The second kappa shape index (κ2) is 7.84. The lowest BCUT2D eigenvalue weighted by molar-refractivity contribution is 0.847. The monoisotopic (exact) mass is 352 g/mol. The number of hydrogen-bond acceptors (Lipinski definition) is 5. The molecule has 0 atom stereocenters. The standard InChI is InChI=1S/C13H10Cl2N6S/c14-8-1-3-17-9(11(8)15)2-4-20-13(22)21-12-10(7-16)18-5-6-19-12/h1,3,5-6H,2,4H2,(H2,19,20,21,22). The zero-order chi connectivity index (χ0) is 15.9. The Morgan fingerprint density at radius 2 is 2.00 bits per heavy atom. The highest BCUT2D eigenvalue weighted by atomic mass is 35.5. The number of hydrogen-bond donors (Lipinski definition) is 2. The van der Waals surface area contributed by atoms with Crippen LogP contribution < -0.4 is 10.6 Å². The van der Waals surface area contributed by atoms with Crippen molar-refractivity contribution in [3.63, 3.8) is 0 Å². The van der Waals surface area contributed by atoms with Crippen LogP contribution >= 0.6 is 35.4 Å². The molecular formula is C13H10Cl2N6S. The molecule has 0 saturated heterocycles. The van der Waals surface area contributed by atoms with E-state index in [4.69, 9.17) is 40.7 Å². The van der Waals surface area contributed by atoms with Crippen LogP contribution in [0.3, 0.4) is 0 Å². The van der Waals surface area contributed by atoms with Gasteiger partial charge in [0.1, 0.15) is 6.07 Å². The molecular weight excluding hydrogens is 343 g/mol. The van der Waals surface area contributed by atoms with E-state index in [2.05, 4.69) is 25.6 Å². The van der Waals surface area contributed by atoms with Crippen molar-refractivity contribution in [1.82, 2.24) is 20.3 Å². The molecule has 112 valence electrons. The van der Waals surface area contributed by atoms with E-state index in [1.807, 2.05) is 6.07 Å². The van der Waals surface area contributed by atoms with Crippen LogP contribution in [0.1, 0.15) is 11.4 Å². The third-order valence-electron chi connectivity index (χ3n) is 2.60. The predicted octanol–water partition coefficient (Wildman–Crippen LogP) is 2.58. The van der Waals surface area contributed by atoms with E-state index in [0.29, 0.717) is 39.6 Å². The number of nitrogens with zero attached hydrogens (tertiary/aromatic N) is 4. The molecule has 0 unspecified atom stereocenters. The van der Waals surface area contributed by atoms with Gasteiger partial charge in [-0.2, -0.15) is 5.26 Å². The van der Waals surface area contributed by atoms with Gasteiger partial charge in [-0.3, -0.25) is 4.98 Å². The fourth-order valence-electron chi connectivity index (χ4n) is 1.59. The molecule has 6 nitrogen and oxygen atoms in total. The molecule has 0 bridgehead atoms. The average Bonchev–Trinajstić information content (AvgIpc) is 2.52. The molecule has 0 fully saturated rings. The van der Waals surface area contributed by atoms with Crippen LogP contribution in [-0.2, 0) is 6.42 Å². The Balaban J connectivity index is 1.88. The molecule has 2 aromatic rings. The van der Waals surface area contributed by atoms with Crippen molar-refractivity contribution in [1.29, 1.82) is 5.26 Å². The van der Waals surface area contributed by atoms with E-state index in [0.717, 1.165) is 0 Å². The van der Waals surface area contributed by atoms with Crippen molar-refractivity contribution in [3.05, 3.63) is 46.1 Å². The first-order valence-electron chi connectivity index (χ1n) is 6.16. The second-order valence-electron chi connectivity index (χ2n) is 4.05. The minimum Gasteiger partial charge on any atom is -0.362 e. The summed E-state index contributed by atoms with van der Waals surface area (Å²) >= 11 is 17.1. The smallest absolute Gasteiger partial charge is 0.183 e. The molecule has 0 radical (unpaired) electrons. The molecule has 2 N–H and O–H groups in total. The van der Waals surface area contributed by atoms with E-state index in [-0.39, 0.29) is 5.69 Å². The van der Waals surface area contributed by atoms with Crippen LogP contribution in [0.5, 0.6) is 0 Å². The van der Waals surface area contributed by atoms with E-state index in [1.54, 1.807) is 12.3 Å². The zero-order valence-corrected chi connectivity index (χ0v) is 13.5. The summed E-state index contributed by atoms with van der Waals surface area (Å²) in [5.41, 5.74) is 0.855. The van der Waals surface area contributed by atoms with Crippen LogP contribution in [0.4, 0.5) is 5.82 Å². The molecule has 0 aromatic carbocycles. The molecule has 0 aliphatic rings. The highest BCUT2D eigenvalue weighted by Crippen LogP contribution is 2.23. The van der Waals surface area contributed by atoms with E-state index < -0.39 is 0 Å². The van der Waals surface area contributed by atoms with E-state index in [1.165, 1.54) is 12.4 Å². The van der Waals surface area contributed by atoms with Crippen LogP contribution in [0, 0.1) is 11.3 Å². The maximum atomic E-state index is 8.92. The molecule has 0 spiro atoms. The molecule has 0 aliphatic carbocycles. The van der Waals surface area contributed by atoms with Crippen LogP contribution in [0.2, 0.25) is 10.0 Å². The lowest BCUT2D eigenvalue weighted by Gasteiger charge is -2.10. The number of aromatic nitrogens is 3.